The standard InChI is InChI=1S/C21H23F2N3O2/c22-18-4-1-3-17(19(18)23)13-24-9-2-7-21(14-24)8-12-25(15-21)20(27)16-5-10-26(28)11-6-16/h1,3-6,10-11H,2,7-9,12-15H2/t21-/m1/s1. The van der Waals surface area contributed by atoms with Gasteiger partial charge >= 0.3 is 0 Å². The quantitative estimate of drug-likeness (QED) is 0.601. The summed E-state index contributed by atoms with van der Waals surface area (Å²) in [6, 6.07) is 7.38. The van der Waals surface area contributed by atoms with Gasteiger partial charge in [-0.15, -0.1) is 0 Å². The number of benzene rings is 1. The molecule has 2 saturated heterocycles. The lowest BCUT2D eigenvalue weighted by Gasteiger charge is -2.40. The second kappa shape index (κ2) is 7.47. The summed E-state index contributed by atoms with van der Waals surface area (Å²) in [6.07, 6.45) is 5.55. The van der Waals surface area contributed by atoms with Crippen molar-refractivity contribution in [3.05, 3.63) is 70.7 Å². The number of halogens is 2. The molecule has 4 rings (SSSR count). The Kier molecular flexibility index (Phi) is 5.02. The molecule has 1 aromatic heterocycles. The number of rotatable bonds is 3. The number of aromatic nitrogens is 1. The summed E-state index contributed by atoms with van der Waals surface area (Å²) in [4.78, 5) is 16.8. The van der Waals surface area contributed by atoms with Crippen LogP contribution in [-0.2, 0) is 6.54 Å². The molecule has 0 radical (unpaired) electrons. The minimum atomic E-state index is -0.816. The number of piperidine rings is 1. The second-order valence-electron chi connectivity index (χ2n) is 7.95. The molecule has 0 saturated carbocycles. The predicted octanol–water partition coefficient (Wildman–Crippen LogP) is 2.73. The second-order valence-corrected chi connectivity index (χ2v) is 7.95. The van der Waals surface area contributed by atoms with Crippen LogP contribution in [-0.4, -0.2) is 41.9 Å². The third kappa shape index (κ3) is 3.71. The zero-order chi connectivity index (χ0) is 19.7. The van der Waals surface area contributed by atoms with Gasteiger partial charge in [-0.25, -0.2) is 8.78 Å². The number of hydrogen-bond donors (Lipinski definition) is 0. The molecular weight excluding hydrogens is 364 g/mol. The fourth-order valence-electron chi connectivity index (χ4n) is 4.54. The Morgan fingerprint density at radius 1 is 1.11 bits per heavy atom. The van der Waals surface area contributed by atoms with Crippen LogP contribution < -0.4 is 4.73 Å². The van der Waals surface area contributed by atoms with E-state index < -0.39 is 11.6 Å². The van der Waals surface area contributed by atoms with Gasteiger partial charge in [0.15, 0.2) is 24.0 Å². The molecule has 2 aromatic rings. The molecule has 5 nitrogen and oxygen atoms in total. The van der Waals surface area contributed by atoms with Crippen LogP contribution in [0, 0.1) is 22.3 Å². The van der Waals surface area contributed by atoms with E-state index in [9.17, 15) is 18.8 Å². The van der Waals surface area contributed by atoms with E-state index in [1.165, 1.54) is 18.5 Å². The van der Waals surface area contributed by atoms with Gasteiger partial charge in [0.2, 0.25) is 0 Å². The smallest absolute Gasteiger partial charge is 0.254 e. The van der Waals surface area contributed by atoms with E-state index in [1.54, 1.807) is 18.2 Å². The predicted molar refractivity (Wildman–Crippen MR) is 99.2 cm³/mol. The van der Waals surface area contributed by atoms with Crippen molar-refractivity contribution in [1.29, 1.82) is 0 Å². The Hall–Kier alpha value is -2.54. The lowest BCUT2D eigenvalue weighted by atomic mass is 9.79. The van der Waals surface area contributed by atoms with Crippen molar-refractivity contribution >= 4 is 5.91 Å². The van der Waals surface area contributed by atoms with Gasteiger partial charge in [-0.3, -0.25) is 9.69 Å². The number of pyridine rings is 1. The van der Waals surface area contributed by atoms with Crippen molar-refractivity contribution < 1.29 is 18.3 Å². The molecule has 148 valence electrons. The topological polar surface area (TPSA) is 50.5 Å². The molecule has 2 aliphatic rings. The Morgan fingerprint density at radius 2 is 1.89 bits per heavy atom. The minimum absolute atomic E-state index is 0.00899. The van der Waals surface area contributed by atoms with E-state index in [0.29, 0.717) is 35.5 Å². The van der Waals surface area contributed by atoms with E-state index in [1.807, 2.05) is 4.90 Å². The van der Waals surface area contributed by atoms with Crippen LogP contribution >= 0.6 is 0 Å². The van der Waals surface area contributed by atoms with Gasteiger partial charge in [-0.05, 0) is 31.9 Å². The third-order valence-electron chi connectivity index (χ3n) is 5.94. The highest BCUT2D eigenvalue weighted by molar-refractivity contribution is 5.94. The summed E-state index contributed by atoms with van der Waals surface area (Å²) in [5, 5.41) is 11.2. The summed E-state index contributed by atoms with van der Waals surface area (Å²) >= 11 is 0. The van der Waals surface area contributed by atoms with Gasteiger partial charge in [0.05, 0.1) is 5.56 Å². The largest absolute Gasteiger partial charge is 0.619 e. The lowest BCUT2D eigenvalue weighted by Crippen LogP contribution is -2.45. The number of carbonyl (C=O) groups is 1. The van der Waals surface area contributed by atoms with E-state index in [-0.39, 0.29) is 11.3 Å². The van der Waals surface area contributed by atoms with Gasteiger partial charge in [-0.2, -0.15) is 4.73 Å². The van der Waals surface area contributed by atoms with E-state index in [4.69, 9.17) is 0 Å². The van der Waals surface area contributed by atoms with Crippen LogP contribution in [0.5, 0.6) is 0 Å². The van der Waals surface area contributed by atoms with Gasteiger partial charge in [-0.1, -0.05) is 12.1 Å². The maximum atomic E-state index is 14.0. The highest BCUT2D eigenvalue weighted by Gasteiger charge is 2.43. The Morgan fingerprint density at radius 3 is 2.68 bits per heavy atom. The van der Waals surface area contributed by atoms with Crippen molar-refractivity contribution in [2.45, 2.75) is 25.8 Å². The Labute approximate surface area is 162 Å². The van der Waals surface area contributed by atoms with Crippen molar-refractivity contribution in [1.82, 2.24) is 9.80 Å². The van der Waals surface area contributed by atoms with E-state index in [2.05, 4.69) is 4.90 Å². The molecule has 7 heteroatoms. The zero-order valence-electron chi connectivity index (χ0n) is 15.6. The van der Waals surface area contributed by atoms with Crippen LogP contribution in [0.1, 0.15) is 35.2 Å². The lowest BCUT2D eigenvalue weighted by molar-refractivity contribution is -0.605. The number of nitrogens with zero attached hydrogens (tertiary/aromatic N) is 3. The summed E-state index contributed by atoms with van der Waals surface area (Å²) in [7, 11) is 0. The van der Waals surface area contributed by atoms with Gasteiger partial charge in [0, 0.05) is 49.3 Å². The highest BCUT2D eigenvalue weighted by atomic mass is 19.2. The number of likely N-dealkylation sites (tertiary alicyclic amines) is 2. The van der Waals surface area contributed by atoms with Crippen molar-refractivity contribution in [3.8, 4) is 0 Å². The third-order valence-corrected chi connectivity index (χ3v) is 5.94. The maximum absolute atomic E-state index is 14.0. The molecule has 3 heterocycles. The fraction of sp³-hybridized carbons (Fsp3) is 0.429. The average Bonchev–Trinajstić information content (AvgIpc) is 3.09. The summed E-state index contributed by atoms with van der Waals surface area (Å²) in [6.45, 7) is 3.31. The molecule has 2 fully saturated rings. The molecule has 1 spiro atoms. The molecule has 0 bridgehead atoms. The van der Waals surface area contributed by atoms with Crippen molar-refractivity contribution in [2.24, 2.45) is 5.41 Å². The first-order chi connectivity index (χ1) is 13.5. The normalized spacial score (nSPS) is 22.7. The monoisotopic (exact) mass is 387 g/mol. The van der Waals surface area contributed by atoms with Crippen LogP contribution in [0.15, 0.2) is 42.7 Å². The molecule has 0 N–H and O–H groups in total. The van der Waals surface area contributed by atoms with Gasteiger partial charge in [0.25, 0.3) is 5.91 Å². The van der Waals surface area contributed by atoms with Crippen LogP contribution in [0.3, 0.4) is 0 Å². The SMILES string of the molecule is O=C(c1cc[n+]([O-])cc1)N1CC[C@@]2(CCCN(Cc3cccc(F)c3F)C2)C1. The molecule has 28 heavy (non-hydrogen) atoms. The number of carbonyl (C=O) groups excluding carboxylic acids is 1. The van der Waals surface area contributed by atoms with Gasteiger partial charge in [0.1, 0.15) is 0 Å². The van der Waals surface area contributed by atoms with Crippen LogP contribution in [0.2, 0.25) is 0 Å². The molecular formula is C21H23F2N3O2. The van der Waals surface area contributed by atoms with Crippen molar-refractivity contribution in [3.63, 3.8) is 0 Å². The van der Waals surface area contributed by atoms with Gasteiger partial charge < -0.3 is 10.1 Å². The highest BCUT2D eigenvalue weighted by Crippen LogP contribution is 2.39. The summed E-state index contributed by atoms with van der Waals surface area (Å²) in [5.41, 5.74) is 0.877. The van der Waals surface area contributed by atoms with Crippen LogP contribution in [0.25, 0.3) is 0 Å². The molecule has 1 atom stereocenters. The van der Waals surface area contributed by atoms with E-state index >= 15 is 0 Å². The summed E-state index contributed by atoms with van der Waals surface area (Å²) in [5.74, 6) is -1.65. The molecule has 0 unspecified atom stereocenters. The Bertz CT molecular complexity index is 874. The van der Waals surface area contributed by atoms with Crippen LogP contribution in [0.4, 0.5) is 8.78 Å². The molecule has 1 aromatic carbocycles. The summed E-state index contributed by atoms with van der Waals surface area (Å²) < 4.78 is 28.2. The first-order valence-electron chi connectivity index (χ1n) is 9.59. The fourth-order valence-corrected chi connectivity index (χ4v) is 4.54. The molecule has 1 amide bonds. The first-order valence-corrected chi connectivity index (χ1v) is 9.59. The molecule has 0 aliphatic carbocycles. The minimum Gasteiger partial charge on any atom is -0.619 e. The maximum Gasteiger partial charge on any atom is 0.254 e. The zero-order valence-corrected chi connectivity index (χ0v) is 15.6. The first kappa shape index (κ1) is 18.8. The average molecular weight is 387 g/mol. The number of hydrogen-bond acceptors (Lipinski definition) is 3. The Balaban J connectivity index is 1.43. The van der Waals surface area contributed by atoms with E-state index in [0.717, 1.165) is 38.4 Å². The van der Waals surface area contributed by atoms with Crippen molar-refractivity contribution in [2.75, 3.05) is 26.2 Å². The molecule has 2 aliphatic heterocycles. The number of amides is 1.